The maximum absolute atomic E-state index is 8.81. The largest absolute Gasteiger partial charge is 0.396 e. The van der Waals surface area contributed by atoms with Crippen LogP contribution in [0.15, 0.2) is 18.5 Å². The molecule has 0 bridgehead atoms. The summed E-state index contributed by atoms with van der Waals surface area (Å²) >= 11 is 0. The van der Waals surface area contributed by atoms with Gasteiger partial charge in [0.1, 0.15) is 5.82 Å². The molecular weight excluding hydrogens is 190 g/mol. The standard InChI is InChI=1S/C11H19N3O/c1-10(2)14(7-4-8-15)9-11-12-5-3-6-13-11/h3,5-6,10,15H,4,7-9H2,1-2H3. The van der Waals surface area contributed by atoms with Crippen LogP contribution >= 0.6 is 0 Å². The molecule has 0 radical (unpaired) electrons. The minimum Gasteiger partial charge on any atom is -0.396 e. The lowest BCUT2D eigenvalue weighted by Crippen LogP contribution is -2.32. The Hall–Kier alpha value is -1.00. The van der Waals surface area contributed by atoms with E-state index in [9.17, 15) is 0 Å². The van der Waals surface area contributed by atoms with Crippen molar-refractivity contribution in [3.05, 3.63) is 24.3 Å². The summed E-state index contributed by atoms with van der Waals surface area (Å²) in [5.41, 5.74) is 0. The Morgan fingerprint density at radius 3 is 2.53 bits per heavy atom. The van der Waals surface area contributed by atoms with Crippen molar-refractivity contribution in [3.63, 3.8) is 0 Å². The zero-order valence-corrected chi connectivity index (χ0v) is 9.43. The fraction of sp³-hybridized carbons (Fsp3) is 0.636. The summed E-state index contributed by atoms with van der Waals surface area (Å²) in [7, 11) is 0. The Labute approximate surface area is 91.0 Å². The summed E-state index contributed by atoms with van der Waals surface area (Å²) in [5.74, 6) is 0.837. The maximum Gasteiger partial charge on any atom is 0.142 e. The third-order valence-corrected chi connectivity index (χ3v) is 2.30. The highest BCUT2D eigenvalue weighted by atomic mass is 16.3. The number of aliphatic hydroxyl groups is 1. The highest BCUT2D eigenvalue weighted by Gasteiger charge is 2.10. The highest BCUT2D eigenvalue weighted by Crippen LogP contribution is 2.04. The zero-order valence-electron chi connectivity index (χ0n) is 9.43. The van der Waals surface area contributed by atoms with Crippen molar-refractivity contribution in [2.45, 2.75) is 32.9 Å². The second-order valence-corrected chi connectivity index (χ2v) is 3.81. The molecule has 0 aromatic carbocycles. The van der Waals surface area contributed by atoms with Crippen molar-refractivity contribution in [1.29, 1.82) is 0 Å². The Bertz CT molecular complexity index is 264. The fourth-order valence-electron chi connectivity index (χ4n) is 1.39. The Morgan fingerprint density at radius 1 is 1.33 bits per heavy atom. The molecule has 0 saturated heterocycles. The van der Waals surface area contributed by atoms with Gasteiger partial charge in [0, 0.05) is 31.6 Å². The first kappa shape index (κ1) is 12.1. The van der Waals surface area contributed by atoms with Crippen molar-refractivity contribution in [3.8, 4) is 0 Å². The van der Waals surface area contributed by atoms with E-state index in [1.54, 1.807) is 12.4 Å². The van der Waals surface area contributed by atoms with Crippen LogP contribution in [-0.2, 0) is 6.54 Å². The summed E-state index contributed by atoms with van der Waals surface area (Å²) < 4.78 is 0. The topological polar surface area (TPSA) is 49.2 Å². The van der Waals surface area contributed by atoms with Crippen LogP contribution in [0.3, 0.4) is 0 Å². The first-order valence-corrected chi connectivity index (χ1v) is 5.35. The average molecular weight is 209 g/mol. The maximum atomic E-state index is 8.81. The molecule has 0 aliphatic rings. The summed E-state index contributed by atoms with van der Waals surface area (Å²) in [5, 5.41) is 8.81. The Kier molecular flexibility index (Phi) is 5.21. The number of rotatable bonds is 6. The van der Waals surface area contributed by atoms with Gasteiger partial charge in [0.25, 0.3) is 0 Å². The van der Waals surface area contributed by atoms with Crippen molar-refractivity contribution in [2.75, 3.05) is 13.2 Å². The molecule has 0 atom stereocenters. The van der Waals surface area contributed by atoms with E-state index in [1.165, 1.54) is 0 Å². The lowest BCUT2D eigenvalue weighted by atomic mass is 10.3. The zero-order chi connectivity index (χ0) is 11.1. The van der Waals surface area contributed by atoms with Gasteiger partial charge in [-0.3, -0.25) is 4.90 Å². The van der Waals surface area contributed by atoms with E-state index < -0.39 is 0 Å². The number of hydrogen-bond acceptors (Lipinski definition) is 4. The van der Waals surface area contributed by atoms with E-state index in [-0.39, 0.29) is 6.61 Å². The quantitative estimate of drug-likeness (QED) is 0.761. The molecule has 1 rings (SSSR count). The predicted octanol–water partition coefficient (Wildman–Crippen LogP) is 1.07. The van der Waals surface area contributed by atoms with Gasteiger partial charge in [0.05, 0.1) is 6.54 Å². The van der Waals surface area contributed by atoms with Crippen molar-refractivity contribution >= 4 is 0 Å². The van der Waals surface area contributed by atoms with Crippen LogP contribution < -0.4 is 0 Å². The second kappa shape index (κ2) is 6.48. The van der Waals surface area contributed by atoms with Crippen LogP contribution in [0.4, 0.5) is 0 Å². The van der Waals surface area contributed by atoms with Crippen LogP contribution in [0.25, 0.3) is 0 Å². The van der Waals surface area contributed by atoms with Gasteiger partial charge in [-0.1, -0.05) is 0 Å². The molecule has 0 aliphatic heterocycles. The van der Waals surface area contributed by atoms with E-state index in [2.05, 4.69) is 28.7 Å². The number of aliphatic hydroxyl groups excluding tert-OH is 1. The molecule has 1 heterocycles. The molecule has 1 aromatic rings. The molecule has 0 amide bonds. The van der Waals surface area contributed by atoms with E-state index >= 15 is 0 Å². The predicted molar refractivity (Wildman–Crippen MR) is 59.3 cm³/mol. The Balaban J connectivity index is 2.51. The lowest BCUT2D eigenvalue weighted by Gasteiger charge is -2.25. The van der Waals surface area contributed by atoms with Crippen LogP contribution in [0, 0.1) is 0 Å². The lowest BCUT2D eigenvalue weighted by molar-refractivity contribution is 0.181. The van der Waals surface area contributed by atoms with Crippen molar-refractivity contribution in [2.24, 2.45) is 0 Å². The molecule has 4 nitrogen and oxygen atoms in total. The van der Waals surface area contributed by atoms with E-state index in [0.717, 1.165) is 25.3 Å². The van der Waals surface area contributed by atoms with Crippen LogP contribution in [0.1, 0.15) is 26.1 Å². The Morgan fingerprint density at radius 2 is 2.00 bits per heavy atom. The van der Waals surface area contributed by atoms with Gasteiger partial charge in [0.15, 0.2) is 0 Å². The van der Waals surface area contributed by atoms with E-state index in [0.29, 0.717) is 6.04 Å². The van der Waals surface area contributed by atoms with Crippen LogP contribution in [0.2, 0.25) is 0 Å². The van der Waals surface area contributed by atoms with Crippen molar-refractivity contribution < 1.29 is 5.11 Å². The summed E-state index contributed by atoms with van der Waals surface area (Å²) in [6, 6.07) is 2.26. The molecule has 1 N–H and O–H groups in total. The summed E-state index contributed by atoms with van der Waals surface area (Å²) in [6.07, 6.45) is 4.31. The van der Waals surface area contributed by atoms with Crippen molar-refractivity contribution in [1.82, 2.24) is 14.9 Å². The molecule has 0 spiro atoms. The van der Waals surface area contributed by atoms with Gasteiger partial charge in [-0.2, -0.15) is 0 Å². The SMILES string of the molecule is CC(C)N(CCCO)Cc1ncccn1. The molecule has 1 aromatic heterocycles. The van der Waals surface area contributed by atoms with Gasteiger partial charge in [-0.05, 0) is 26.3 Å². The van der Waals surface area contributed by atoms with Gasteiger partial charge < -0.3 is 5.11 Å². The highest BCUT2D eigenvalue weighted by molar-refractivity contribution is 4.88. The smallest absolute Gasteiger partial charge is 0.142 e. The minimum absolute atomic E-state index is 0.235. The monoisotopic (exact) mass is 209 g/mol. The molecule has 0 saturated carbocycles. The molecule has 0 aliphatic carbocycles. The molecule has 4 heteroatoms. The summed E-state index contributed by atoms with van der Waals surface area (Å²) in [4.78, 5) is 10.6. The first-order chi connectivity index (χ1) is 7.24. The van der Waals surface area contributed by atoms with Gasteiger partial charge in [-0.25, -0.2) is 9.97 Å². The minimum atomic E-state index is 0.235. The van der Waals surface area contributed by atoms with E-state index in [4.69, 9.17) is 5.11 Å². The van der Waals surface area contributed by atoms with Gasteiger partial charge in [0.2, 0.25) is 0 Å². The second-order valence-electron chi connectivity index (χ2n) is 3.81. The third-order valence-electron chi connectivity index (χ3n) is 2.30. The number of nitrogens with zero attached hydrogens (tertiary/aromatic N) is 3. The van der Waals surface area contributed by atoms with Gasteiger partial charge >= 0.3 is 0 Å². The van der Waals surface area contributed by atoms with Crippen LogP contribution in [0.5, 0.6) is 0 Å². The number of aromatic nitrogens is 2. The molecule has 84 valence electrons. The molecule has 0 unspecified atom stereocenters. The molecule has 15 heavy (non-hydrogen) atoms. The summed E-state index contributed by atoms with van der Waals surface area (Å²) in [6.45, 7) is 6.14. The first-order valence-electron chi connectivity index (χ1n) is 5.35. The average Bonchev–Trinajstić information content (AvgIpc) is 2.25. The van der Waals surface area contributed by atoms with Gasteiger partial charge in [-0.15, -0.1) is 0 Å². The number of hydrogen-bond donors (Lipinski definition) is 1. The molecular formula is C11H19N3O. The normalized spacial score (nSPS) is 11.3. The molecule has 0 fully saturated rings. The fourth-order valence-corrected chi connectivity index (χ4v) is 1.39. The van der Waals surface area contributed by atoms with Crippen LogP contribution in [-0.4, -0.2) is 39.2 Å². The van der Waals surface area contributed by atoms with E-state index in [1.807, 2.05) is 6.07 Å². The third kappa shape index (κ3) is 4.36.